The summed E-state index contributed by atoms with van der Waals surface area (Å²) in [6.45, 7) is 2.95. The van der Waals surface area contributed by atoms with E-state index in [9.17, 15) is 14.4 Å². The Bertz CT molecular complexity index is 297. The van der Waals surface area contributed by atoms with E-state index in [2.05, 4.69) is 35.9 Å². The Morgan fingerprint density at radius 2 is 1.76 bits per heavy atom. The molecule has 0 spiro atoms. The lowest BCUT2D eigenvalue weighted by molar-refractivity contribution is -0.129. The molecule has 0 saturated heterocycles. The van der Waals surface area contributed by atoms with Gasteiger partial charge in [0.05, 0.1) is 12.6 Å². The molecule has 98 valence electrons. The third kappa shape index (κ3) is 6.58. The molecule has 0 aromatic heterocycles. The van der Waals surface area contributed by atoms with Crippen LogP contribution >= 0.6 is 25.3 Å². The van der Waals surface area contributed by atoms with Crippen LogP contribution in [0.2, 0.25) is 0 Å². The van der Waals surface area contributed by atoms with Gasteiger partial charge < -0.3 is 10.6 Å². The van der Waals surface area contributed by atoms with Gasteiger partial charge >= 0.3 is 0 Å². The molecular weight excluding hydrogens is 260 g/mol. The first-order chi connectivity index (χ1) is 7.92. The number of amides is 2. The number of Topliss-reactive ketones (excluding diaryl/α,β-unsaturated/α-hetero) is 1. The summed E-state index contributed by atoms with van der Waals surface area (Å²) in [5.41, 5.74) is 0. The molecule has 0 bridgehead atoms. The summed E-state index contributed by atoms with van der Waals surface area (Å²) >= 11 is 7.93. The Hall–Kier alpha value is -0.690. The summed E-state index contributed by atoms with van der Waals surface area (Å²) < 4.78 is 0. The van der Waals surface area contributed by atoms with E-state index >= 15 is 0 Å². The van der Waals surface area contributed by atoms with E-state index in [0.717, 1.165) is 0 Å². The van der Waals surface area contributed by atoms with Crippen molar-refractivity contribution >= 4 is 42.9 Å². The second-order valence-corrected chi connectivity index (χ2v) is 4.45. The van der Waals surface area contributed by atoms with E-state index in [0.29, 0.717) is 5.75 Å². The topological polar surface area (TPSA) is 75.3 Å². The Kier molecular flexibility index (Phi) is 8.07. The molecule has 0 heterocycles. The molecule has 5 nitrogen and oxygen atoms in total. The molecule has 0 aliphatic carbocycles. The maximum Gasteiger partial charge on any atom is 0.240 e. The van der Waals surface area contributed by atoms with Crippen molar-refractivity contribution in [1.82, 2.24) is 10.6 Å². The maximum absolute atomic E-state index is 11.4. The van der Waals surface area contributed by atoms with Crippen LogP contribution in [0.25, 0.3) is 0 Å². The maximum atomic E-state index is 11.4. The summed E-state index contributed by atoms with van der Waals surface area (Å²) in [7, 11) is 0. The van der Waals surface area contributed by atoms with Gasteiger partial charge in [0.15, 0.2) is 5.78 Å². The number of carbonyl (C=O) groups excluding carboxylic acids is 3. The van der Waals surface area contributed by atoms with Gasteiger partial charge in [0.1, 0.15) is 0 Å². The predicted molar refractivity (Wildman–Crippen MR) is 72.5 cm³/mol. The molecular formula is C10H18N2O3S2. The molecule has 0 saturated carbocycles. The number of thiol groups is 2. The Morgan fingerprint density at radius 1 is 1.18 bits per heavy atom. The largest absolute Gasteiger partial charge is 0.347 e. The molecule has 1 unspecified atom stereocenters. The van der Waals surface area contributed by atoms with Crippen LogP contribution in [0, 0.1) is 5.92 Å². The summed E-state index contributed by atoms with van der Waals surface area (Å²) in [5, 5.41) is 4.95. The van der Waals surface area contributed by atoms with Gasteiger partial charge in [0.2, 0.25) is 11.8 Å². The number of rotatable bonds is 7. The monoisotopic (exact) mass is 278 g/mol. The highest BCUT2D eigenvalue weighted by atomic mass is 32.1. The summed E-state index contributed by atoms with van der Waals surface area (Å²) in [6, 6.07) is -0.606. The van der Waals surface area contributed by atoms with E-state index < -0.39 is 11.9 Å². The highest BCUT2D eigenvalue weighted by molar-refractivity contribution is 7.80. The molecule has 0 aromatic rings. The number of ketones is 1. The zero-order chi connectivity index (χ0) is 13.4. The second-order valence-electron chi connectivity index (χ2n) is 3.71. The van der Waals surface area contributed by atoms with Crippen molar-refractivity contribution in [1.29, 1.82) is 0 Å². The Balaban J connectivity index is 4.03. The van der Waals surface area contributed by atoms with Gasteiger partial charge in [-0.1, -0.05) is 6.92 Å². The summed E-state index contributed by atoms with van der Waals surface area (Å²) in [5.74, 6) is -0.398. The van der Waals surface area contributed by atoms with Gasteiger partial charge in [-0.15, -0.1) is 0 Å². The fraction of sp³-hybridized carbons (Fsp3) is 0.700. The molecule has 2 amide bonds. The predicted octanol–water partition coefficient (Wildman–Crippen LogP) is -0.328. The number of carbonyl (C=O) groups is 3. The van der Waals surface area contributed by atoms with Crippen molar-refractivity contribution in [2.24, 2.45) is 5.92 Å². The van der Waals surface area contributed by atoms with Crippen molar-refractivity contribution in [3.8, 4) is 0 Å². The lowest BCUT2D eigenvalue weighted by Gasteiger charge is -2.14. The quantitative estimate of drug-likeness (QED) is 0.482. The van der Waals surface area contributed by atoms with E-state index in [1.165, 1.54) is 6.92 Å². The highest BCUT2D eigenvalue weighted by Crippen LogP contribution is 1.96. The molecule has 17 heavy (non-hydrogen) atoms. The van der Waals surface area contributed by atoms with E-state index in [1.54, 1.807) is 6.92 Å². The average Bonchev–Trinajstić information content (AvgIpc) is 2.31. The van der Waals surface area contributed by atoms with Crippen LogP contribution in [0.1, 0.15) is 13.8 Å². The molecule has 0 aliphatic rings. The standard InChI is InChI=1S/C10H18N2O3S2/c1-6(4-16)10(15)11-3-9(14)12-8(5-17)7(2)13/h6,8,16-17H,3-5H2,1-2H3,(H,11,15)(H,12,14)/t6?,8-/m1/s1. The summed E-state index contributed by atoms with van der Waals surface area (Å²) in [4.78, 5) is 33.8. The third-order valence-corrected chi connectivity index (χ3v) is 3.07. The van der Waals surface area contributed by atoms with Gasteiger partial charge in [-0.05, 0) is 6.92 Å². The molecule has 0 aliphatic heterocycles. The van der Waals surface area contributed by atoms with Crippen molar-refractivity contribution in [3.05, 3.63) is 0 Å². The lowest BCUT2D eigenvalue weighted by atomic mass is 10.2. The number of hydrogen-bond acceptors (Lipinski definition) is 5. The number of hydrogen-bond donors (Lipinski definition) is 4. The molecule has 2 N–H and O–H groups in total. The smallest absolute Gasteiger partial charge is 0.240 e. The molecule has 0 aromatic carbocycles. The van der Waals surface area contributed by atoms with Crippen LogP contribution < -0.4 is 10.6 Å². The number of nitrogens with one attached hydrogen (secondary N) is 2. The minimum Gasteiger partial charge on any atom is -0.347 e. The van der Waals surface area contributed by atoms with Crippen LogP contribution in [0.5, 0.6) is 0 Å². The molecule has 7 heteroatoms. The van der Waals surface area contributed by atoms with Crippen molar-refractivity contribution in [2.75, 3.05) is 18.1 Å². The first kappa shape index (κ1) is 16.3. The van der Waals surface area contributed by atoms with E-state index in [1.807, 2.05) is 0 Å². The zero-order valence-corrected chi connectivity index (χ0v) is 11.7. The first-order valence-electron chi connectivity index (χ1n) is 5.21. The summed E-state index contributed by atoms with van der Waals surface area (Å²) in [6.07, 6.45) is 0. The Labute approximate surface area is 112 Å². The molecule has 0 rings (SSSR count). The highest BCUT2D eigenvalue weighted by Gasteiger charge is 2.16. The lowest BCUT2D eigenvalue weighted by Crippen LogP contribution is -2.46. The Morgan fingerprint density at radius 3 is 2.18 bits per heavy atom. The van der Waals surface area contributed by atoms with Gasteiger partial charge in [-0.3, -0.25) is 14.4 Å². The van der Waals surface area contributed by atoms with E-state index in [-0.39, 0.29) is 29.9 Å². The second kappa shape index (κ2) is 8.41. The van der Waals surface area contributed by atoms with Crippen LogP contribution in [0.3, 0.4) is 0 Å². The van der Waals surface area contributed by atoms with Crippen LogP contribution in [0.15, 0.2) is 0 Å². The van der Waals surface area contributed by atoms with Gasteiger partial charge in [-0.25, -0.2) is 0 Å². The molecule has 2 atom stereocenters. The van der Waals surface area contributed by atoms with Crippen LogP contribution in [-0.2, 0) is 14.4 Å². The van der Waals surface area contributed by atoms with Gasteiger partial charge in [0.25, 0.3) is 0 Å². The van der Waals surface area contributed by atoms with Crippen molar-refractivity contribution in [3.63, 3.8) is 0 Å². The fourth-order valence-corrected chi connectivity index (χ4v) is 1.46. The molecule has 0 fully saturated rings. The van der Waals surface area contributed by atoms with Crippen molar-refractivity contribution in [2.45, 2.75) is 19.9 Å². The van der Waals surface area contributed by atoms with Gasteiger partial charge in [-0.2, -0.15) is 25.3 Å². The minimum absolute atomic E-state index is 0.144. The first-order valence-corrected chi connectivity index (χ1v) is 6.48. The van der Waals surface area contributed by atoms with Crippen molar-refractivity contribution < 1.29 is 14.4 Å². The third-order valence-electron chi connectivity index (χ3n) is 2.15. The zero-order valence-electron chi connectivity index (χ0n) is 9.90. The average molecular weight is 278 g/mol. The normalized spacial score (nSPS) is 13.6. The SMILES string of the molecule is CC(=O)[C@@H](CS)NC(=O)CNC(=O)C(C)CS. The minimum atomic E-state index is -0.606. The van der Waals surface area contributed by atoms with Gasteiger partial charge in [0, 0.05) is 17.4 Å². The van der Waals surface area contributed by atoms with E-state index in [4.69, 9.17) is 0 Å². The van der Waals surface area contributed by atoms with Crippen LogP contribution in [0.4, 0.5) is 0 Å². The molecule has 0 radical (unpaired) electrons. The fourth-order valence-electron chi connectivity index (χ4n) is 0.946. The van der Waals surface area contributed by atoms with Crippen LogP contribution in [-0.4, -0.2) is 41.7 Å².